The monoisotopic (exact) mass is 357 g/mol. The molecule has 0 fully saturated rings. The molecule has 130 valence electrons. The van der Waals surface area contributed by atoms with E-state index in [0.717, 1.165) is 23.2 Å². The Balaban J connectivity index is 1.68. The number of hydrogen-bond acceptors (Lipinski definition) is 4. The second-order valence-electron chi connectivity index (χ2n) is 5.95. The van der Waals surface area contributed by atoms with Gasteiger partial charge in [0, 0.05) is 37.2 Å². The molecule has 2 heterocycles. The highest BCUT2D eigenvalue weighted by atomic mass is 32.2. The molecule has 0 aliphatic heterocycles. The first-order chi connectivity index (χ1) is 11.8. The number of aryl methyl sites for hydroxylation is 1. The number of pyridine rings is 1. The number of nitrogens with one attached hydrogen (secondary N) is 1. The van der Waals surface area contributed by atoms with Gasteiger partial charge in [-0.05, 0) is 36.8 Å². The summed E-state index contributed by atoms with van der Waals surface area (Å²) in [4.78, 5) is 17.0. The van der Waals surface area contributed by atoms with Crippen molar-refractivity contribution in [3.05, 3.63) is 65.6 Å². The normalized spacial score (nSPS) is 11.6. The van der Waals surface area contributed by atoms with Crippen LogP contribution in [0.5, 0.6) is 0 Å². The van der Waals surface area contributed by atoms with Crippen molar-refractivity contribution < 1.29 is 13.2 Å². The Bertz CT molecular complexity index is 1010. The van der Waals surface area contributed by atoms with Gasteiger partial charge in [-0.15, -0.1) is 0 Å². The van der Waals surface area contributed by atoms with Crippen molar-refractivity contribution in [3.63, 3.8) is 0 Å². The maximum atomic E-state index is 12.4. The molecule has 2 aromatic heterocycles. The highest BCUT2D eigenvalue weighted by Gasteiger charge is 2.14. The molecule has 0 unspecified atom stereocenters. The number of sulfone groups is 1. The number of amides is 1. The van der Waals surface area contributed by atoms with E-state index in [1.165, 1.54) is 12.1 Å². The maximum Gasteiger partial charge on any atom is 0.251 e. The van der Waals surface area contributed by atoms with Gasteiger partial charge in [0.15, 0.2) is 9.84 Å². The lowest BCUT2D eigenvalue weighted by Crippen LogP contribution is -2.26. The van der Waals surface area contributed by atoms with Crippen molar-refractivity contribution in [2.24, 2.45) is 0 Å². The van der Waals surface area contributed by atoms with Crippen LogP contribution in [-0.2, 0) is 16.3 Å². The van der Waals surface area contributed by atoms with Gasteiger partial charge in [0.2, 0.25) is 0 Å². The van der Waals surface area contributed by atoms with E-state index < -0.39 is 9.84 Å². The first kappa shape index (κ1) is 17.2. The highest BCUT2D eigenvalue weighted by molar-refractivity contribution is 7.90. The molecule has 25 heavy (non-hydrogen) atoms. The first-order valence-electron chi connectivity index (χ1n) is 7.86. The summed E-state index contributed by atoms with van der Waals surface area (Å²) in [5, 5.41) is 2.83. The van der Waals surface area contributed by atoms with Crippen molar-refractivity contribution in [3.8, 4) is 0 Å². The standard InChI is InChI=1S/C18H19N3O3S/c1-13-6-7-15(25(2,23)24)11-16(13)18(22)19-9-8-14-12-21-10-4-3-5-17(21)20-14/h3-7,10-12H,8-9H2,1-2H3,(H,19,22). The zero-order valence-corrected chi connectivity index (χ0v) is 14.9. The molecule has 0 spiro atoms. The zero-order chi connectivity index (χ0) is 18.0. The Hall–Kier alpha value is -2.67. The van der Waals surface area contributed by atoms with E-state index in [-0.39, 0.29) is 10.8 Å². The minimum atomic E-state index is -3.35. The predicted molar refractivity (Wildman–Crippen MR) is 95.5 cm³/mol. The predicted octanol–water partition coefficient (Wildman–Crippen LogP) is 2.02. The summed E-state index contributed by atoms with van der Waals surface area (Å²) in [6, 6.07) is 10.3. The van der Waals surface area contributed by atoms with Gasteiger partial charge in [-0.25, -0.2) is 13.4 Å². The summed E-state index contributed by atoms with van der Waals surface area (Å²) in [7, 11) is -3.35. The third-order valence-corrected chi connectivity index (χ3v) is 5.07. The second-order valence-corrected chi connectivity index (χ2v) is 7.97. The molecule has 7 heteroatoms. The summed E-state index contributed by atoms with van der Waals surface area (Å²) >= 11 is 0. The molecule has 3 aromatic rings. The van der Waals surface area contributed by atoms with Crippen molar-refractivity contribution >= 4 is 21.4 Å². The minimum Gasteiger partial charge on any atom is -0.352 e. The molecular formula is C18H19N3O3S. The SMILES string of the molecule is Cc1ccc(S(C)(=O)=O)cc1C(=O)NCCc1cn2ccccc2n1. The molecule has 3 rings (SSSR count). The van der Waals surface area contributed by atoms with Crippen LogP contribution in [0.15, 0.2) is 53.7 Å². The van der Waals surface area contributed by atoms with Crippen LogP contribution < -0.4 is 5.32 Å². The summed E-state index contributed by atoms with van der Waals surface area (Å²) in [5.41, 5.74) is 2.85. The van der Waals surface area contributed by atoms with E-state index in [0.29, 0.717) is 18.5 Å². The van der Waals surface area contributed by atoms with Gasteiger partial charge in [0.25, 0.3) is 5.91 Å². The highest BCUT2D eigenvalue weighted by Crippen LogP contribution is 2.15. The summed E-state index contributed by atoms with van der Waals surface area (Å²) < 4.78 is 25.2. The maximum absolute atomic E-state index is 12.4. The van der Waals surface area contributed by atoms with Crippen molar-refractivity contribution in [2.75, 3.05) is 12.8 Å². The van der Waals surface area contributed by atoms with Crippen molar-refractivity contribution in [1.82, 2.24) is 14.7 Å². The number of carbonyl (C=O) groups excluding carboxylic acids is 1. The Kier molecular flexibility index (Phi) is 4.59. The van der Waals surface area contributed by atoms with Crippen molar-refractivity contribution in [1.29, 1.82) is 0 Å². The van der Waals surface area contributed by atoms with Crippen LogP contribution in [0.4, 0.5) is 0 Å². The van der Waals surface area contributed by atoms with Gasteiger partial charge < -0.3 is 9.72 Å². The Morgan fingerprint density at radius 2 is 2.04 bits per heavy atom. The van der Waals surface area contributed by atoms with Crippen LogP contribution in [0.3, 0.4) is 0 Å². The van der Waals surface area contributed by atoms with Crippen LogP contribution in [0.1, 0.15) is 21.6 Å². The summed E-state index contributed by atoms with van der Waals surface area (Å²) in [6.07, 6.45) is 5.57. The molecular weight excluding hydrogens is 338 g/mol. The molecule has 0 bridgehead atoms. The van der Waals surface area contributed by atoms with Crippen LogP contribution in [0.2, 0.25) is 0 Å². The fourth-order valence-electron chi connectivity index (χ4n) is 2.58. The van der Waals surface area contributed by atoms with E-state index in [4.69, 9.17) is 0 Å². The summed E-state index contributed by atoms with van der Waals surface area (Å²) in [6.45, 7) is 2.20. The van der Waals surface area contributed by atoms with E-state index in [2.05, 4.69) is 10.3 Å². The molecule has 0 radical (unpaired) electrons. The number of rotatable bonds is 5. The first-order valence-corrected chi connectivity index (χ1v) is 9.75. The Labute approximate surface area is 146 Å². The zero-order valence-electron chi connectivity index (χ0n) is 14.1. The van der Waals surface area contributed by atoms with Gasteiger partial charge in [0.1, 0.15) is 5.65 Å². The van der Waals surface area contributed by atoms with Gasteiger partial charge in [-0.2, -0.15) is 0 Å². The van der Waals surface area contributed by atoms with Gasteiger partial charge in [-0.3, -0.25) is 4.79 Å². The van der Waals surface area contributed by atoms with E-state index in [1.54, 1.807) is 13.0 Å². The van der Waals surface area contributed by atoms with Gasteiger partial charge in [-0.1, -0.05) is 12.1 Å². The molecule has 0 saturated carbocycles. The average Bonchev–Trinajstić information content (AvgIpc) is 2.96. The average molecular weight is 357 g/mol. The molecule has 0 aliphatic rings. The molecule has 1 amide bonds. The molecule has 1 aromatic carbocycles. The topological polar surface area (TPSA) is 80.5 Å². The second kappa shape index (κ2) is 6.68. The molecule has 0 atom stereocenters. The van der Waals surface area contributed by atoms with Gasteiger partial charge in [0.05, 0.1) is 10.6 Å². The number of fused-ring (bicyclic) bond motifs is 1. The quantitative estimate of drug-likeness (QED) is 0.757. The minimum absolute atomic E-state index is 0.142. The smallest absolute Gasteiger partial charge is 0.251 e. The van der Waals surface area contributed by atoms with Crippen LogP contribution in [0, 0.1) is 6.92 Å². The Morgan fingerprint density at radius 1 is 1.24 bits per heavy atom. The number of benzene rings is 1. The fourth-order valence-corrected chi connectivity index (χ4v) is 3.23. The third-order valence-electron chi connectivity index (χ3n) is 3.96. The number of carbonyl (C=O) groups is 1. The summed E-state index contributed by atoms with van der Waals surface area (Å²) in [5.74, 6) is -0.285. The largest absolute Gasteiger partial charge is 0.352 e. The van der Waals surface area contributed by atoms with Crippen LogP contribution in [-0.4, -0.2) is 36.5 Å². The third kappa shape index (κ3) is 3.88. The lowest BCUT2D eigenvalue weighted by molar-refractivity contribution is 0.0953. The molecule has 0 saturated heterocycles. The van der Waals surface area contributed by atoms with Gasteiger partial charge >= 0.3 is 0 Å². The molecule has 0 aliphatic carbocycles. The van der Waals surface area contributed by atoms with Crippen LogP contribution in [0.25, 0.3) is 5.65 Å². The Morgan fingerprint density at radius 3 is 2.76 bits per heavy atom. The van der Waals surface area contributed by atoms with E-state index in [9.17, 15) is 13.2 Å². The molecule has 6 nitrogen and oxygen atoms in total. The lowest BCUT2D eigenvalue weighted by atomic mass is 10.1. The fraction of sp³-hybridized carbons (Fsp3) is 0.222. The number of hydrogen-bond donors (Lipinski definition) is 1. The number of imidazole rings is 1. The van der Waals surface area contributed by atoms with E-state index >= 15 is 0 Å². The van der Waals surface area contributed by atoms with Crippen molar-refractivity contribution in [2.45, 2.75) is 18.2 Å². The van der Waals surface area contributed by atoms with Crippen LogP contribution >= 0.6 is 0 Å². The molecule has 1 N–H and O–H groups in total. The number of nitrogens with zero attached hydrogens (tertiary/aromatic N) is 2. The van der Waals surface area contributed by atoms with E-state index in [1.807, 2.05) is 35.0 Å². The lowest BCUT2D eigenvalue weighted by Gasteiger charge is -2.09. The number of aromatic nitrogens is 2.